The third kappa shape index (κ3) is 4.12. The number of hydrogen-bond acceptors (Lipinski definition) is 4. The molecule has 1 atom stereocenters. The SMILES string of the molecule is CC(NC(=O)c1ccn(-c2ccccc2Cl)n1)C(=O)NCc1ccco1. The molecule has 2 N–H and O–H groups in total. The summed E-state index contributed by atoms with van der Waals surface area (Å²) in [5.74, 6) is -0.132. The number of hydrogen-bond donors (Lipinski definition) is 2. The molecule has 0 radical (unpaired) electrons. The van der Waals surface area contributed by atoms with E-state index in [4.69, 9.17) is 16.0 Å². The number of carbonyl (C=O) groups is 2. The van der Waals surface area contributed by atoms with Gasteiger partial charge in [0.15, 0.2) is 5.69 Å². The van der Waals surface area contributed by atoms with Crippen LogP contribution >= 0.6 is 11.6 Å². The van der Waals surface area contributed by atoms with E-state index in [-0.39, 0.29) is 18.1 Å². The minimum absolute atomic E-state index is 0.190. The summed E-state index contributed by atoms with van der Waals surface area (Å²) >= 11 is 6.13. The Labute approximate surface area is 154 Å². The van der Waals surface area contributed by atoms with E-state index in [9.17, 15) is 9.59 Å². The lowest BCUT2D eigenvalue weighted by Crippen LogP contribution is -2.44. The van der Waals surface area contributed by atoms with Gasteiger partial charge in [-0.25, -0.2) is 4.68 Å². The minimum atomic E-state index is -0.720. The highest BCUT2D eigenvalue weighted by atomic mass is 35.5. The van der Waals surface area contributed by atoms with E-state index in [1.165, 1.54) is 10.9 Å². The van der Waals surface area contributed by atoms with Crippen molar-refractivity contribution in [1.82, 2.24) is 20.4 Å². The van der Waals surface area contributed by atoms with Crippen LogP contribution in [-0.2, 0) is 11.3 Å². The molecule has 7 nitrogen and oxygen atoms in total. The van der Waals surface area contributed by atoms with Crippen molar-refractivity contribution in [2.75, 3.05) is 0 Å². The fourth-order valence-corrected chi connectivity index (χ4v) is 2.52. The maximum Gasteiger partial charge on any atom is 0.272 e. The molecule has 1 unspecified atom stereocenters. The molecule has 0 bridgehead atoms. The molecule has 0 fully saturated rings. The molecule has 2 aromatic heterocycles. The van der Waals surface area contributed by atoms with Crippen LogP contribution in [0.15, 0.2) is 59.3 Å². The van der Waals surface area contributed by atoms with Gasteiger partial charge in [0.05, 0.1) is 23.5 Å². The van der Waals surface area contributed by atoms with Crippen molar-refractivity contribution in [3.05, 3.63) is 71.4 Å². The fourth-order valence-electron chi connectivity index (χ4n) is 2.29. The van der Waals surface area contributed by atoms with Gasteiger partial charge in [-0.3, -0.25) is 9.59 Å². The summed E-state index contributed by atoms with van der Waals surface area (Å²) in [7, 11) is 0. The summed E-state index contributed by atoms with van der Waals surface area (Å²) in [6.07, 6.45) is 3.17. The molecule has 0 spiro atoms. The fraction of sp³-hybridized carbons (Fsp3) is 0.167. The first-order valence-corrected chi connectivity index (χ1v) is 8.34. The summed E-state index contributed by atoms with van der Waals surface area (Å²) in [5, 5.41) is 10.0. The van der Waals surface area contributed by atoms with E-state index in [1.54, 1.807) is 43.5 Å². The molecule has 3 aromatic rings. The third-order valence-corrected chi connectivity index (χ3v) is 4.00. The molecular formula is C18H17ClN4O3. The predicted octanol–water partition coefficient (Wildman–Crippen LogP) is 2.55. The zero-order chi connectivity index (χ0) is 18.5. The van der Waals surface area contributed by atoms with Crippen molar-refractivity contribution in [2.45, 2.75) is 19.5 Å². The Kier molecular flexibility index (Phi) is 5.38. The van der Waals surface area contributed by atoms with E-state index in [0.717, 1.165) is 0 Å². The third-order valence-electron chi connectivity index (χ3n) is 3.68. The van der Waals surface area contributed by atoms with Gasteiger partial charge in [0.1, 0.15) is 11.8 Å². The van der Waals surface area contributed by atoms with Crippen molar-refractivity contribution >= 4 is 23.4 Å². The number of aromatic nitrogens is 2. The van der Waals surface area contributed by atoms with Crippen LogP contribution < -0.4 is 10.6 Å². The molecular weight excluding hydrogens is 356 g/mol. The summed E-state index contributed by atoms with van der Waals surface area (Å²) in [6.45, 7) is 1.85. The number of furan rings is 1. The van der Waals surface area contributed by atoms with Gasteiger partial charge < -0.3 is 15.1 Å². The number of nitrogens with zero attached hydrogens (tertiary/aromatic N) is 2. The van der Waals surface area contributed by atoms with Gasteiger partial charge in [-0.1, -0.05) is 23.7 Å². The molecule has 8 heteroatoms. The quantitative estimate of drug-likeness (QED) is 0.696. The van der Waals surface area contributed by atoms with E-state index in [1.807, 2.05) is 12.1 Å². The Hall–Kier alpha value is -3.06. The Morgan fingerprint density at radius 1 is 1.23 bits per heavy atom. The number of halogens is 1. The van der Waals surface area contributed by atoms with Gasteiger partial charge >= 0.3 is 0 Å². The molecule has 0 aliphatic heterocycles. The zero-order valence-corrected chi connectivity index (χ0v) is 14.7. The average Bonchev–Trinajstić information content (AvgIpc) is 3.31. The van der Waals surface area contributed by atoms with E-state index in [2.05, 4.69) is 15.7 Å². The molecule has 0 saturated heterocycles. The van der Waals surface area contributed by atoms with Crippen molar-refractivity contribution in [3.8, 4) is 5.69 Å². The lowest BCUT2D eigenvalue weighted by molar-refractivity contribution is -0.122. The van der Waals surface area contributed by atoms with Crippen molar-refractivity contribution in [3.63, 3.8) is 0 Å². The summed E-state index contributed by atoms with van der Waals surface area (Å²) in [5.41, 5.74) is 0.855. The van der Waals surface area contributed by atoms with Crippen molar-refractivity contribution < 1.29 is 14.0 Å². The second kappa shape index (κ2) is 7.88. The van der Waals surface area contributed by atoms with Crippen LogP contribution in [0.5, 0.6) is 0 Å². The maximum absolute atomic E-state index is 12.3. The zero-order valence-electron chi connectivity index (χ0n) is 14.0. The summed E-state index contributed by atoms with van der Waals surface area (Å²) in [4.78, 5) is 24.4. The summed E-state index contributed by atoms with van der Waals surface area (Å²) in [6, 6.07) is 11.5. The highest BCUT2D eigenvalue weighted by Gasteiger charge is 2.18. The minimum Gasteiger partial charge on any atom is -0.467 e. The van der Waals surface area contributed by atoms with Gasteiger partial charge in [-0.05, 0) is 37.3 Å². The van der Waals surface area contributed by atoms with Gasteiger partial charge in [0, 0.05) is 6.20 Å². The molecule has 1 aromatic carbocycles. The first-order chi connectivity index (χ1) is 12.5. The topological polar surface area (TPSA) is 89.2 Å². The molecule has 2 amide bonds. The van der Waals surface area contributed by atoms with E-state index < -0.39 is 11.9 Å². The standard InChI is InChI=1S/C18H17ClN4O3/c1-12(17(24)20-11-13-5-4-10-26-13)21-18(25)15-8-9-23(22-15)16-7-3-2-6-14(16)19/h2-10,12H,11H2,1H3,(H,20,24)(H,21,25). The normalized spacial score (nSPS) is 11.8. The Morgan fingerprint density at radius 3 is 2.77 bits per heavy atom. The predicted molar refractivity (Wildman–Crippen MR) is 96.1 cm³/mol. The van der Waals surface area contributed by atoms with Crippen LogP contribution in [0.4, 0.5) is 0 Å². The first kappa shape index (κ1) is 17.8. The number of para-hydroxylation sites is 1. The van der Waals surface area contributed by atoms with Crippen LogP contribution in [-0.4, -0.2) is 27.6 Å². The number of rotatable bonds is 6. The number of carbonyl (C=O) groups excluding carboxylic acids is 2. The maximum atomic E-state index is 12.3. The van der Waals surface area contributed by atoms with Gasteiger partial charge in [-0.2, -0.15) is 5.10 Å². The number of benzene rings is 1. The molecule has 3 rings (SSSR count). The van der Waals surface area contributed by atoms with Gasteiger partial charge in [0.2, 0.25) is 5.91 Å². The number of nitrogens with one attached hydrogen (secondary N) is 2. The smallest absolute Gasteiger partial charge is 0.272 e. The Balaban J connectivity index is 1.59. The van der Waals surface area contributed by atoms with Crippen LogP contribution in [0, 0.1) is 0 Å². The number of amides is 2. The Bertz CT molecular complexity index is 905. The van der Waals surface area contributed by atoms with Crippen molar-refractivity contribution in [2.24, 2.45) is 0 Å². The van der Waals surface area contributed by atoms with Crippen LogP contribution in [0.1, 0.15) is 23.2 Å². The molecule has 2 heterocycles. The molecule has 134 valence electrons. The highest BCUT2D eigenvalue weighted by Crippen LogP contribution is 2.19. The molecule has 0 saturated carbocycles. The van der Waals surface area contributed by atoms with Crippen LogP contribution in [0.25, 0.3) is 5.69 Å². The molecule has 0 aliphatic carbocycles. The van der Waals surface area contributed by atoms with Crippen LogP contribution in [0.3, 0.4) is 0 Å². The average molecular weight is 373 g/mol. The molecule has 0 aliphatic rings. The first-order valence-electron chi connectivity index (χ1n) is 7.96. The highest BCUT2D eigenvalue weighted by molar-refractivity contribution is 6.32. The lowest BCUT2D eigenvalue weighted by atomic mass is 10.3. The Morgan fingerprint density at radius 2 is 2.04 bits per heavy atom. The van der Waals surface area contributed by atoms with Crippen LogP contribution in [0.2, 0.25) is 5.02 Å². The molecule has 26 heavy (non-hydrogen) atoms. The van der Waals surface area contributed by atoms with Gasteiger partial charge in [0.25, 0.3) is 5.91 Å². The monoisotopic (exact) mass is 372 g/mol. The lowest BCUT2D eigenvalue weighted by Gasteiger charge is -2.12. The van der Waals surface area contributed by atoms with Gasteiger partial charge in [-0.15, -0.1) is 0 Å². The van der Waals surface area contributed by atoms with E-state index >= 15 is 0 Å². The second-order valence-corrected chi connectivity index (χ2v) is 6.00. The largest absolute Gasteiger partial charge is 0.467 e. The second-order valence-electron chi connectivity index (χ2n) is 5.59. The summed E-state index contributed by atoms with van der Waals surface area (Å²) < 4.78 is 6.66. The van der Waals surface area contributed by atoms with Crippen molar-refractivity contribution in [1.29, 1.82) is 0 Å². The van der Waals surface area contributed by atoms with E-state index in [0.29, 0.717) is 16.5 Å².